The number of amides is 2. The van der Waals surface area contributed by atoms with E-state index in [1.54, 1.807) is 0 Å². The number of anilines is 1. The Morgan fingerprint density at radius 3 is 2.55 bits per heavy atom. The van der Waals surface area contributed by atoms with Crippen LogP contribution >= 0.6 is 24.0 Å². The van der Waals surface area contributed by atoms with Crippen molar-refractivity contribution in [3.8, 4) is 0 Å². The fourth-order valence-corrected chi connectivity index (χ4v) is 3.08. The maximum absolute atomic E-state index is 13.8. The number of nitrogens with one attached hydrogen (secondary N) is 1. The molecule has 0 aromatic heterocycles. The first-order valence-corrected chi connectivity index (χ1v) is 7.24. The first-order chi connectivity index (χ1) is 10.2. The Balaban J connectivity index is 2.50. The predicted octanol–water partition coefficient (Wildman–Crippen LogP) is 2.11. The van der Waals surface area contributed by atoms with Crippen LogP contribution in [0, 0.1) is 23.3 Å². The van der Waals surface area contributed by atoms with Gasteiger partial charge in [-0.3, -0.25) is 14.5 Å². The Labute approximate surface area is 131 Å². The number of carbonyl (C=O) groups excluding carboxylic acids is 2. The van der Waals surface area contributed by atoms with Crippen molar-refractivity contribution in [1.82, 2.24) is 5.32 Å². The molecule has 0 bridgehead atoms. The second-order valence-electron chi connectivity index (χ2n) is 4.32. The van der Waals surface area contributed by atoms with Crippen molar-refractivity contribution in [1.29, 1.82) is 0 Å². The Bertz CT molecular complexity index is 684. The maximum atomic E-state index is 13.8. The van der Waals surface area contributed by atoms with Crippen LogP contribution in [0.1, 0.15) is 6.92 Å². The second-order valence-corrected chi connectivity index (χ2v) is 5.97. The summed E-state index contributed by atoms with van der Waals surface area (Å²) in [4.78, 5) is 23.7. The van der Waals surface area contributed by atoms with Crippen molar-refractivity contribution in [2.75, 3.05) is 10.7 Å². The molecule has 1 aromatic carbocycles. The van der Waals surface area contributed by atoms with Crippen molar-refractivity contribution < 1.29 is 27.2 Å². The molecule has 1 fully saturated rings. The van der Waals surface area contributed by atoms with Gasteiger partial charge in [-0.15, -0.1) is 0 Å². The highest BCUT2D eigenvalue weighted by Gasteiger charge is 2.38. The largest absolute Gasteiger partial charge is 0.344 e. The van der Waals surface area contributed by atoms with Gasteiger partial charge in [0, 0.05) is 18.7 Å². The number of carbonyl (C=O) groups is 2. The summed E-state index contributed by atoms with van der Waals surface area (Å²) in [6.45, 7) is 1.16. The SMILES string of the molecule is CC(=O)NC1CSC(=S)N(c2c(F)cc(F)c(F)c2F)C1=O. The minimum atomic E-state index is -1.92. The van der Waals surface area contributed by atoms with Crippen molar-refractivity contribution in [3.63, 3.8) is 0 Å². The summed E-state index contributed by atoms with van der Waals surface area (Å²) in [6, 6.07) is -0.961. The molecule has 0 radical (unpaired) electrons. The van der Waals surface area contributed by atoms with Crippen LogP contribution in [0.25, 0.3) is 0 Å². The van der Waals surface area contributed by atoms with E-state index in [-0.39, 0.29) is 16.1 Å². The standard InChI is InChI=1S/C12H8F4N2O2S2/c1-4(19)17-7-3-22-12(21)18(11(7)20)10-6(14)2-5(13)8(15)9(10)16/h2,7H,3H2,1H3,(H,17,19). The van der Waals surface area contributed by atoms with Gasteiger partial charge >= 0.3 is 0 Å². The zero-order valence-corrected chi connectivity index (χ0v) is 12.6. The van der Waals surface area contributed by atoms with Gasteiger partial charge in [0.2, 0.25) is 5.91 Å². The number of rotatable bonds is 2. The van der Waals surface area contributed by atoms with Crippen LogP contribution in [0.5, 0.6) is 0 Å². The quantitative estimate of drug-likeness (QED) is 0.383. The fourth-order valence-electron chi connectivity index (χ4n) is 1.85. The zero-order valence-electron chi connectivity index (χ0n) is 11.0. The molecule has 1 atom stereocenters. The van der Waals surface area contributed by atoms with Crippen LogP contribution in [0.15, 0.2) is 6.07 Å². The highest BCUT2D eigenvalue weighted by Crippen LogP contribution is 2.32. The zero-order chi connectivity index (χ0) is 16.6. The molecule has 2 rings (SSSR count). The van der Waals surface area contributed by atoms with Crippen LogP contribution in [0.3, 0.4) is 0 Å². The molecule has 0 saturated carbocycles. The van der Waals surface area contributed by atoms with Gasteiger partial charge in [0.05, 0.1) is 0 Å². The second kappa shape index (κ2) is 6.21. The van der Waals surface area contributed by atoms with E-state index in [1.807, 2.05) is 0 Å². The monoisotopic (exact) mass is 352 g/mol. The number of hydrogen-bond acceptors (Lipinski definition) is 4. The van der Waals surface area contributed by atoms with Gasteiger partial charge in [0.15, 0.2) is 23.3 Å². The summed E-state index contributed by atoms with van der Waals surface area (Å²) in [5, 5.41) is 2.29. The van der Waals surface area contributed by atoms with Crippen molar-refractivity contribution >= 4 is 45.8 Å². The van der Waals surface area contributed by atoms with Crippen LogP contribution in [0.4, 0.5) is 23.2 Å². The Kier molecular flexibility index (Phi) is 4.71. The number of nitrogens with zero attached hydrogens (tertiary/aromatic N) is 1. The highest BCUT2D eigenvalue weighted by molar-refractivity contribution is 8.23. The molecule has 0 spiro atoms. The molecule has 0 aliphatic carbocycles. The third-order valence-corrected chi connectivity index (χ3v) is 4.23. The van der Waals surface area contributed by atoms with Gasteiger partial charge in [0.1, 0.15) is 16.0 Å². The lowest BCUT2D eigenvalue weighted by molar-refractivity contribution is -0.125. The molecule has 1 heterocycles. The molecular formula is C12H8F4N2O2S2. The van der Waals surface area contributed by atoms with Crippen LogP contribution < -0.4 is 10.2 Å². The van der Waals surface area contributed by atoms with E-state index in [4.69, 9.17) is 12.2 Å². The summed E-state index contributed by atoms with van der Waals surface area (Å²) in [7, 11) is 0. The van der Waals surface area contributed by atoms with Crippen molar-refractivity contribution in [2.45, 2.75) is 13.0 Å². The predicted molar refractivity (Wildman–Crippen MR) is 76.4 cm³/mol. The summed E-state index contributed by atoms with van der Waals surface area (Å²) in [5.74, 6) is -8.37. The lowest BCUT2D eigenvalue weighted by Crippen LogP contribution is -2.54. The maximum Gasteiger partial charge on any atom is 0.256 e. The van der Waals surface area contributed by atoms with Gasteiger partial charge in [-0.05, 0) is 0 Å². The molecule has 1 aliphatic rings. The van der Waals surface area contributed by atoms with Crippen LogP contribution in [0.2, 0.25) is 0 Å². The van der Waals surface area contributed by atoms with E-state index in [0.29, 0.717) is 4.90 Å². The molecule has 1 unspecified atom stereocenters. The molecule has 10 heteroatoms. The van der Waals surface area contributed by atoms with Crippen molar-refractivity contribution in [3.05, 3.63) is 29.3 Å². The van der Waals surface area contributed by atoms with E-state index >= 15 is 0 Å². The summed E-state index contributed by atoms with van der Waals surface area (Å²) < 4.78 is 53.7. The minimum Gasteiger partial charge on any atom is -0.344 e. The van der Waals surface area contributed by atoms with Gasteiger partial charge in [0.25, 0.3) is 5.91 Å². The van der Waals surface area contributed by atoms with E-state index in [1.165, 1.54) is 0 Å². The fraction of sp³-hybridized carbons (Fsp3) is 0.250. The van der Waals surface area contributed by atoms with Gasteiger partial charge < -0.3 is 5.32 Å². The lowest BCUT2D eigenvalue weighted by atomic mass is 10.2. The number of halogens is 4. The average molecular weight is 352 g/mol. The Hall–Kier alpha value is -1.68. The van der Waals surface area contributed by atoms with E-state index < -0.39 is 46.8 Å². The summed E-state index contributed by atoms with van der Waals surface area (Å²) >= 11 is 5.73. The average Bonchev–Trinajstić information content (AvgIpc) is 2.43. The van der Waals surface area contributed by atoms with Gasteiger partial charge in [-0.25, -0.2) is 17.6 Å². The number of hydrogen-bond donors (Lipinski definition) is 1. The molecule has 1 N–H and O–H groups in total. The highest BCUT2D eigenvalue weighted by atomic mass is 32.2. The number of benzene rings is 1. The van der Waals surface area contributed by atoms with Gasteiger partial charge in [-0.2, -0.15) is 0 Å². The molecule has 1 aliphatic heterocycles. The van der Waals surface area contributed by atoms with Crippen LogP contribution in [-0.2, 0) is 9.59 Å². The van der Waals surface area contributed by atoms with Crippen molar-refractivity contribution in [2.24, 2.45) is 0 Å². The normalized spacial score (nSPS) is 18.6. The molecule has 2 amide bonds. The molecule has 1 aromatic rings. The Morgan fingerprint density at radius 1 is 1.32 bits per heavy atom. The van der Waals surface area contributed by atoms with E-state index in [9.17, 15) is 27.2 Å². The molecule has 1 saturated heterocycles. The molecule has 4 nitrogen and oxygen atoms in total. The number of thiocarbonyl (C=S) groups is 1. The summed E-state index contributed by atoms with van der Waals surface area (Å²) in [5.41, 5.74) is -1.10. The molecular weight excluding hydrogens is 344 g/mol. The van der Waals surface area contributed by atoms with E-state index in [0.717, 1.165) is 18.7 Å². The van der Waals surface area contributed by atoms with E-state index in [2.05, 4.69) is 5.32 Å². The lowest BCUT2D eigenvalue weighted by Gasteiger charge is -2.32. The topological polar surface area (TPSA) is 49.4 Å². The summed E-state index contributed by atoms with van der Waals surface area (Å²) in [6.07, 6.45) is 0. The first-order valence-electron chi connectivity index (χ1n) is 5.84. The first kappa shape index (κ1) is 16.7. The minimum absolute atomic E-state index is 0.0701. The Morgan fingerprint density at radius 2 is 1.95 bits per heavy atom. The molecule has 118 valence electrons. The van der Waals surface area contributed by atoms with Crippen LogP contribution in [-0.4, -0.2) is 27.9 Å². The third-order valence-electron chi connectivity index (χ3n) is 2.77. The van der Waals surface area contributed by atoms with Gasteiger partial charge in [-0.1, -0.05) is 24.0 Å². The number of thioether (sulfide) groups is 1. The third kappa shape index (κ3) is 2.93. The molecule has 22 heavy (non-hydrogen) atoms. The smallest absolute Gasteiger partial charge is 0.256 e.